The smallest absolute Gasteiger partial charge is 0.416 e. The van der Waals surface area contributed by atoms with Crippen molar-refractivity contribution in [3.05, 3.63) is 54.1 Å². The van der Waals surface area contributed by atoms with Gasteiger partial charge in [-0.1, -0.05) is 36.8 Å². The third-order valence-corrected chi connectivity index (χ3v) is 6.70. The SMILES string of the molecule is O=C(O)CCC/C=C\C[C@@H]1CCC[C@@H]1/C=C/C(COc1cccc(C(F)(F)F)c1)OC1CCCCO1. The van der Waals surface area contributed by atoms with Gasteiger partial charge in [0, 0.05) is 13.0 Å². The highest BCUT2D eigenvalue weighted by Crippen LogP contribution is 2.36. The number of alkyl halides is 3. The third kappa shape index (κ3) is 9.97. The van der Waals surface area contributed by atoms with Crippen molar-refractivity contribution in [2.24, 2.45) is 11.8 Å². The molecule has 2 unspecified atom stereocenters. The van der Waals surface area contributed by atoms with E-state index in [4.69, 9.17) is 19.3 Å². The summed E-state index contributed by atoms with van der Waals surface area (Å²) in [7, 11) is 0. The lowest BCUT2D eigenvalue weighted by Crippen LogP contribution is -2.30. The molecule has 1 aromatic carbocycles. The quantitative estimate of drug-likeness (QED) is 0.225. The Balaban J connectivity index is 1.57. The molecular formula is C28H37F3O5. The van der Waals surface area contributed by atoms with Gasteiger partial charge in [-0.3, -0.25) is 4.79 Å². The molecule has 1 heterocycles. The molecule has 3 rings (SSSR count). The summed E-state index contributed by atoms with van der Waals surface area (Å²) in [5.74, 6) is 0.286. The summed E-state index contributed by atoms with van der Waals surface area (Å²) < 4.78 is 56.7. The second-order valence-electron chi connectivity index (χ2n) is 9.54. The van der Waals surface area contributed by atoms with Gasteiger partial charge in [0.15, 0.2) is 6.29 Å². The van der Waals surface area contributed by atoms with Crippen LogP contribution in [0.25, 0.3) is 0 Å². The summed E-state index contributed by atoms with van der Waals surface area (Å²) >= 11 is 0. The number of hydrogen-bond donors (Lipinski definition) is 1. The first-order valence-corrected chi connectivity index (χ1v) is 12.9. The molecule has 1 aliphatic carbocycles. The predicted molar refractivity (Wildman–Crippen MR) is 131 cm³/mol. The highest BCUT2D eigenvalue weighted by Gasteiger charge is 2.31. The number of carboxylic acids is 1. The zero-order valence-electron chi connectivity index (χ0n) is 20.6. The molecule has 5 nitrogen and oxygen atoms in total. The van der Waals surface area contributed by atoms with Gasteiger partial charge in [0.2, 0.25) is 0 Å². The minimum Gasteiger partial charge on any atom is -0.491 e. The van der Waals surface area contributed by atoms with Crippen LogP contribution in [0, 0.1) is 11.8 Å². The summed E-state index contributed by atoms with van der Waals surface area (Å²) in [6.45, 7) is 0.734. The lowest BCUT2D eigenvalue weighted by molar-refractivity contribution is -0.182. The first kappa shape index (κ1) is 28.3. The van der Waals surface area contributed by atoms with E-state index in [0.717, 1.165) is 63.5 Å². The van der Waals surface area contributed by atoms with E-state index in [-0.39, 0.29) is 25.1 Å². The molecule has 0 bridgehead atoms. The number of aliphatic carboxylic acids is 1. The lowest BCUT2D eigenvalue weighted by atomic mass is 9.92. The van der Waals surface area contributed by atoms with Gasteiger partial charge in [-0.15, -0.1) is 0 Å². The predicted octanol–water partition coefficient (Wildman–Crippen LogP) is 7.17. The number of ether oxygens (including phenoxy) is 3. The Morgan fingerprint density at radius 2 is 2.03 bits per heavy atom. The van der Waals surface area contributed by atoms with E-state index in [1.807, 2.05) is 6.08 Å². The van der Waals surface area contributed by atoms with E-state index in [9.17, 15) is 18.0 Å². The number of unbranched alkanes of at least 4 members (excludes halogenated alkanes) is 1. The van der Waals surface area contributed by atoms with Crippen molar-refractivity contribution in [1.82, 2.24) is 0 Å². The summed E-state index contributed by atoms with van der Waals surface area (Å²) in [6.07, 6.45) is 11.9. The van der Waals surface area contributed by atoms with Gasteiger partial charge in [-0.25, -0.2) is 0 Å². The maximum atomic E-state index is 13.1. The largest absolute Gasteiger partial charge is 0.491 e. The minimum absolute atomic E-state index is 0.0958. The van der Waals surface area contributed by atoms with E-state index in [1.165, 1.54) is 12.1 Å². The molecule has 1 aromatic rings. The van der Waals surface area contributed by atoms with Gasteiger partial charge in [0.05, 0.1) is 5.56 Å². The molecule has 1 saturated heterocycles. The fraction of sp³-hybridized carbons (Fsp3) is 0.607. The van der Waals surface area contributed by atoms with Gasteiger partial charge in [-0.2, -0.15) is 13.2 Å². The molecule has 1 N–H and O–H groups in total. The molecule has 200 valence electrons. The lowest BCUT2D eigenvalue weighted by Gasteiger charge is -2.27. The second kappa shape index (κ2) is 14.4. The van der Waals surface area contributed by atoms with Crippen LogP contribution >= 0.6 is 0 Å². The Morgan fingerprint density at radius 3 is 2.78 bits per heavy atom. The van der Waals surface area contributed by atoms with Crippen LogP contribution in [0.1, 0.15) is 69.8 Å². The molecule has 0 amide bonds. The Morgan fingerprint density at radius 1 is 1.17 bits per heavy atom. The fourth-order valence-corrected chi connectivity index (χ4v) is 4.73. The molecule has 0 aromatic heterocycles. The molecule has 8 heteroatoms. The number of benzene rings is 1. The van der Waals surface area contributed by atoms with Crippen molar-refractivity contribution < 1.29 is 37.3 Å². The molecule has 2 fully saturated rings. The Bertz CT molecular complexity index is 861. The van der Waals surface area contributed by atoms with Gasteiger partial charge in [0.1, 0.15) is 18.5 Å². The van der Waals surface area contributed by atoms with Gasteiger partial charge in [-0.05, 0) is 81.4 Å². The van der Waals surface area contributed by atoms with E-state index in [1.54, 1.807) is 0 Å². The second-order valence-corrected chi connectivity index (χ2v) is 9.54. The molecule has 1 aliphatic heterocycles. The average Bonchev–Trinajstić information content (AvgIpc) is 3.30. The number of halogens is 3. The van der Waals surface area contributed by atoms with Gasteiger partial charge >= 0.3 is 12.1 Å². The van der Waals surface area contributed by atoms with Crippen molar-refractivity contribution >= 4 is 5.97 Å². The maximum Gasteiger partial charge on any atom is 0.416 e. The van der Waals surface area contributed by atoms with Crippen LogP contribution in [0.3, 0.4) is 0 Å². The van der Waals surface area contributed by atoms with Crippen LogP contribution in [0.2, 0.25) is 0 Å². The van der Waals surface area contributed by atoms with Crippen molar-refractivity contribution in [3.63, 3.8) is 0 Å². The molecule has 0 radical (unpaired) electrons. The molecular weight excluding hydrogens is 473 g/mol. The normalized spacial score (nSPS) is 23.9. The van der Waals surface area contributed by atoms with Crippen LogP contribution in [0.5, 0.6) is 5.75 Å². The van der Waals surface area contributed by atoms with E-state index < -0.39 is 23.8 Å². The van der Waals surface area contributed by atoms with Crippen LogP contribution in [0.4, 0.5) is 13.2 Å². The number of carboxylic acid groups (broad SMARTS) is 1. The van der Waals surface area contributed by atoms with Crippen LogP contribution in [0.15, 0.2) is 48.6 Å². The van der Waals surface area contributed by atoms with Crippen LogP contribution < -0.4 is 4.74 Å². The number of hydrogen-bond acceptors (Lipinski definition) is 4. The summed E-state index contributed by atoms with van der Waals surface area (Å²) in [5, 5.41) is 8.73. The van der Waals surface area contributed by atoms with Crippen LogP contribution in [-0.4, -0.2) is 36.7 Å². The highest BCUT2D eigenvalue weighted by molar-refractivity contribution is 5.66. The standard InChI is InChI=1S/C28H37F3O5/c29-28(30,31)23-12-8-13-24(19-23)35-20-25(36-27-15-5-6-18-34-27)17-16-22-11-7-10-21(22)9-3-1-2-4-14-26(32)33/h1,3,8,12-13,16-17,19,21-22,25,27H,2,4-7,9-11,14-15,18,20H2,(H,32,33)/b3-1-,17-16+/t21-,22-,25?,27?/m1/s1. The Hall–Kier alpha value is -2.32. The Kier molecular flexibility index (Phi) is 11.3. The van der Waals surface area contributed by atoms with E-state index in [0.29, 0.717) is 24.9 Å². The van der Waals surface area contributed by atoms with Crippen molar-refractivity contribution in [2.75, 3.05) is 13.2 Å². The number of carbonyl (C=O) groups is 1. The first-order valence-electron chi connectivity index (χ1n) is 12.9. The zero-order valence-corrected chi connectivity index (χ0v) is 20.6. The van der Waals surface area contributed by atoms with E-state index in [2.05, 4.69) is 18.2 Å². The topological polar surface area (TPSA) is 65.0 Å². The fourth-order valence-electron chi connectivity index (χ4n) is 4.73. The molecule has 2 aliphatic rings. The van der Waals surface area contributed by atoms with Gasteiger partial charge in [0.25, 0.3) is 0 Å². The van der Waals surface area contributed by atoms with Crippen molar-refractivity contribution in [3.8, 4) is 5.75 Å². The highest BCUT2D eigenvalue weighted by atomic mass is 19.4. The number of rotatable bonds is 13. The third-order valence-electron chi connectivity index (χ3n) is 6.70. The summed E-state index contributed by atoms with van der Waals surface area (Å²) in [6, 6.07) is 4.89. The monoisotopic (exact) mass is 510 g/mol. The molecule has 0 spiro atoms. The van der Waals surface area contributed by atoms with E-state index >= 15 is 0 Å². The van der Waals surface area contributed by atoms with Crippen molar-refractivity contribution in [1.29, 1.82) is 0 Å². The minimum atomic E-state index is -4.42. The van der Waals surface area contributed by atoms with Crippen LogP contribution in [-0.2, 0) is 20.4 Å². The maximum absolute atomic E-state index is 13.1. The van der Waals surface area contributed by atoms with Gasteiger partial charge < -0.3 is 19.3 Å². The first-order chi connectivity index (χ1) is 17.3. The zero-order chi connectivity index (χ0) is 25.8. The average molecular weight is 511 g/mol. The number of allylic oxidation sites excluding steroid dienone is 3. The van der Waals surface area contributed by atoms with Crippen molar-refractivity contribution in [2.45, 2.75) is 82.8 Å². The summed E-state index contributed by atoms with van der Waals surface area (Å²) in [5.41, 5.74) is -0.742. The molecule has 4 atom stereocenters. The molecule has 1 saturated carbocycles. The summed E-state index contributed by atoms with van der Waals surface area (Å²) in [4.78, 5) is 10.6. The molecule has 36 heavy (non-hydrogen) atoms. The Labute approximate surface area is 211 Å².